The zero-order chi connectivity index (χ0) is 67.9. The van der Waals surface area contributed by atoms with Gasteiger partial charge in [-0.1, -0.05) is 297 Å². The molecule has 0 saturated heterocycles. The van der Waals surface area contributed by atoms with E-state index in [4.69, 9.17) is 9.97 Å². The number of hydrogen-bond donors (Lipinski definition) is 0. The maximum absolute atomic E-state index is 14.9. The fourth-order valence-electron chi connectivity index (χ4n) is 15.4. The summed E-state index contributed by atoms with van der Waals surface area (Å²) in [4.78, 5) is 10.2. The van der Waals surface area contributed by atoms with Crippen molar-refractivity contribution in [3.63, 3.8) is 0 Å². The molecule has 0 fully saturated rings. The summed E-state index contributed by atoms with van der Waals surface area (Å²) in [7, 11) is -6.08. The van der Waals surface area contributed by atoms with E-state index < -0.39 is 14.3 Å². The van der Waals surface area contributed by atoms with Crippen molar-refractivity contribution in [2.45, 2.75) is 0 Å². The third-order valence-electron chi connectivity index (χ3n) is 20.5. The molecule has 0 unspecified atom stereocenters. The molecule has 0 aliphatic heterocycles. The minimum Gasteiger partial charge on any atom is -0.309 e. The van der Waals surface area contributed by atoms with Gasteiger partial charge in [0.05, 0.1) is 33.1 Å². The number of pyridine rings is 2. The van der Waals surface area contributed by atoms with Crippen LogP contribution in [-0.2, 0) is 9.13 Å². The van der Waals surface area contributed by atoms with E-state index in [-0.39, 0.29) is 0 Å². The fraction of sp³-hybridized carbons (Fsp3) is 0. The lowest BCUT2D eigenvalue weighted by atomic mass is 9.96. The Morgan fingerprint density at radius 1 is 0.196 bits per heavy atom. The molecule has 0 atom stereocenters. The number of hydrogen-bond acceptors (Lipinski definition) is 4. The van der Waals surface area contributed by atoms with E-state index in [0.717, 1.165) is 136 Å². The Kier molecular flexibility index (Phi) is 14.7. The molecule has 8 heteroatoms. The third kappa shape index (κ3) is 10.2. The van der Waals surface area contributed by atoms with Gasteiger partial charge in [0.15, 0.2) is 14.3 Å². The molecule has 0 radical (unpaired) electrons. The van der Waals surface area contributed by atoms with Crippen molar-refractivity contribution in [3.8, 4) is 44.5 Å². The highest BCUT2D eigenvalue weighted by atomic mass is 31.2. The summed E-state index contributed by atoms with van der Waals surface area (Å²) >= 11 is 0. The molecule has 0 bridgehead atoms. The van der Waals surface area contributed by atoms with E-state index in [2.05, 4.69) is 245 Å². The van der Waals surface area contributed by atoms with Crippen LogP contribution in [0.5, 0.6) is 0 Å². The smallest absolute Gasteiger partial charge is 0.171 e. The van der Waals surface area contributed by atoms with Crippen LogP contribution in [0, 0.1) is 0 Å². The predicted octanol–water partition coefficient (Wildman–Crippen LogP) is 21.8. The topological polar surface area (TPSA) is 68.7 Å². The van der Waals surface area contributed by atoms with Crippen LogP contribution in [0.2, 0.25) is 0 Å². The minimum absolute atomic E-state index is 0.841. The molecule has 16 aromatic carbocycles. The van der Waals surface area contributed by atoms with Crippen LogP contribution >= 0.6 is 14.3 Å². The maximum atomic E-state index is 14.9. The van der Waals surface area contributed by atoms with E-state index >= 15 is 0 Å². The standard InChI is InChI=1S/2C47H31N2OP/c50-51(38-11-3-1-4-12-38,39-13-5-2-6-14-39)40-27-25-35-29-34(23-24-36(35)30-40)32-19-21-33(22-20-32)37-26-28-41-42-15-7-9-17-45(42)49-46-18-10-8-16-44(46)48-47(49)43(41)31-37;50-51(38-11-3-1-4-12-38,39-13-5-2-6-14-39)40-27-25-35-29-34(23-24-36(35)30-40)32-19-21-33(22-20-32)37-26-28-42-43(31-37)41-15-7-9-17-45(41)49-46-18-10-8-16-44(46)48-47(42)49/h2*1-31H. The van der Waals surface area contributed by atoms with Crippen molar-refractivity contribution >= 4 is 144 Å². The minimum atomic E-state index is -3.04. The molecule has 4 heterocycles. The van der Waals surface area contributed by atoms with Crippen molar-refractivity contribution in [2.75, 3.05) is 0 Å². The SMILES string of the molecule is O=P(c1ccccc1)(c1ccccc1)c1ccc2cc(-c3ccc(-c4ccc5c(c4)c4ccccc4n4c6ccccc6nc54)cc3)ccc2c1.O=P(c1ccccc1)(c1ccccc1)c1ccc2cc(-c3ccc(-c4ccc5c6ccccc6n6c7ccccc7nc6c5c4)cc3)ccc2c1. The van der Waals surface area contributed by atoms with Gasteiger partial charge in [0.1, 0.15) is 11.3 Å². The fourth-order valence-corrected chi connectivity index (χ4v) is 20.7. The monoisotopic (exact) mass is 1340 g/mol. The Morgan fingerprint density at radius 3 is 0.912 bits per heavy atom. The van der Waals surface area contributed by atoms with E-state index in [9.17, 15) is 9.13 Å². The largest absolute Gasteiger partial charge is 0.309 e. The van der Waals surface area contributed by atoms with E-state index in [1.54, 1.807) is 0 Å². The Morgan fingerprint density at radius 2 is 0.490 bits per heavy atom. The molecule has 4 aromatic heterocycles. The van der Waals surface area contributed by atoms with Gasteiger partial charge in [-0.2, -0.15) is 0 Å². The zero-order valence-electron chi connectivity index (χ0n) is 55.3. The molecule has 102 heavy (non-hydrogen) atoms. The number of aromatic nitrogens is 4. The normalized spacial score (nSPS) is 12.0. The van der Waals surface area contributed by atoms with Gasteiger partial charge in [-0.3, -0.25) is 8.80 Å². The summed E-state index contributed by atoms with van der Waals surface area (Å²) in [5.74, 6) is 0. The van der Waals surface area contributed by atoms with Crippen LogP contribution in [0.25, 0.3) is 143 Å². The van der Waals surface area contributed by atoms with Gasteiger partial charge in [-0.15, -0.1) is 0 Å². The first kappa shape index (κ1) is 60.6. The first-order valence-electron chi connectivity index (χ1n) is 34.5. The number of benzene rings is 16. The number of nitrogens with zero attached hydrogens (tertiary/aromatic N) is 4. The first-order valence-corrected chi connectivity index (χ1v) is 37.9. The van der Waals surface area contributed by atoms with Crippen molar-refractivity contribution in [2.24, 2.45) is 0 Å². The van der Waals surface area contributed by atoms with Gasteiger partial charge in [-0.05, 0) is 156 Å². The van der Waals surface area contributed by atoms with Gasteiger partial charge < -0.3 is 9.13 Å². The quantitative estimate of drug-likeness (QED) is 0.101. The highest BCUT2D eigenvalue weighted by Gasteiger charge is 2.31. The number of imidazole rings is 2. The second-order valence-corrected chi connectivity index (χ2v) is 31.8. The predicted molar refractivity (Wildman–Crippen MR) is 431 cm³/mol. The molecule has 0 saturated carbocycles. The first-order chi connectivity index (χ1) is 50.3. The van der Waals surface area contributed by atoms with Gasteiger partial charge in [-0.25, -0.2) is 9.97 Å². The summed E-state index contributed by atoms with van der Waals surface area (Å²) in [6.07, 6.45) is 0. The van der Waals surface area contributed by atoms with E-state index in [1.165, 1.54) is 38.2 Å². The summed E-state index contributed by atoms with van der Waals surface area (Å²) in [6.45, 7) is 0. The summed E-state index contributed by atoms with van der Waals surface area (Å²) in [6, 6.07) is 130. The van der Waals surface area contributed by atoms with Crippen molar-refractivity contribution in [3.05, 3.63) is 376 Å². The second-order valence-electron chi connectivity index (χ2n) is 26.3. The Bertz CT molecular complexity index is 6710. The molecule has 0 spiro atoms. The molecule has 20 aromatic rings. The van der Waals surface area contributed by atoms with Gasteiger partial charge in [0.25, 0.3) is 0 Å². The van der Waals surface area contributed by atoms with Gasteiger partial charge >= 0.3 is 0 Å². The lowest BCUT2D eigenvalue weighted by Crippen LogP contribution is -2.24. The van der Waals surface area contributed by atoms with Crippen molar-refractivity contribution < 1.29 is 9.13 Å². The number of para-hydroxylation sites is 6. The Hall–Kier alpha value is -12.6. The van der Waals surface area contributed by atoms with Crippen LogP contribution in [0.1, 0.15) is 0 Å². The summed E-state index contributed by atoms with van der Waals surface area (Å²) in [5.41, 5.74) is 17.8. The summed E-state index contributed by atoms with van der Waals surface area (Å²) in [5, 5.41) is 16.6. The van der Waals surface area contributed by atoms with E-state index in [0.29, 0.717) is 0 Å². The molecule has 0 aliphatic rings. The molecule has 0 N–H and O–H groups in total. The van der Waals surface area contributed by atoms with Crippen LogP contribution in [-0.4, -0.2) is 18.8 Å². The van der Waals surface area contributed by atoms with Crippen molar-refractivity contribution in [1.29, 1.82) is 0 Å². The molecular formula is C94H62N4O2P2. The Balaban J connectivity index is 0.000000141. The number of fused-ring (bicyclic) bond motifs is 18. The zero-order valence-corrected chi connectivity index (χ0v) is 57.1. The second kappa shape index (κ2) is 24.7. The van der Waals surface area contributed by atoms with E-state index in [1.807, 2.05) is 140 Å². The van der Waals surface area contributed by atoms with Gasteiger partial charge in [0, 0.05) is 53.4 Å². The molecule has 6 nitrogen and oxygen atoms in total. The molecule has 0 amide bonds. The van der Waals surface area contributed by atoms with Crippen molar-refractivity contribution in [1.82, 2.24) is 18.8 Å². The number of rotatable bonds is 10. The van der Waals surface area contributed by atoms with Crippen LogP contribution in [0.3, 0.4) is 0 Å². The van der Waals surface area contributed by atoms with Crippen LogP contribution < -0.4 is 31.8 Å². The molecule has 0 aliphatic carbocycles. The summed E-state index contributed by atoms with van der Waals surface area (Å²) < 4.78 is 34.4. The highest BCUT2D eigenvalue weighted by molar-refractivity contribution is 7.85. The lowest BCUT2D eigenvalue weighted by molar-refractivity contribution is 0.591. The average Bonchev–Trinajstić information content (AvgIpc) is 1.51. The third-order valence-corrected chi connectivity index (χ3v) is 26.6. The Labute approximate surface area is 589 Å². The molecule has 20 rings (SSSR count). The maximum Gasteiger partial charge on any atom is 0.171 e. The highest BCUT2D eigenvalue weighted by Crippen LogP contribution is 2.46. The average molecular weight is 1340 g/mol. The van der Waals surface area contributed by atoms with Crippen LogP contribution in [0.15, 0.2) is 376 Å². The molecule has 480 valence electrons. The van der Waals surface area contributed by atoms with Gasteiger partial charge in [0.2, 0.25) is 0 Å². The lowest BCUT2D eigenvalue weighted by Gasteiger charge is -2.20. The van der Waals surface area contributed by atoms with Crippen LogP contribution in [0.4, 0.5) is 0 Å². The molecular weight excluding hydrogens is 1280 g/mol.